The summed E-state index contributed by atoms with van der Waals surface area (Å²) in [4.78, 5) is 16.9. The van der Waals surface area contributed by atoms with Crippen LogP contribution in [0.2, 0.25) is 0 Å². The van der Waals surface area contributed by atoms with E-state index in [-0.39, 0.29) is 11.9 Å². The van der Waals surface area contributed by atoms with Crippen molar-refractivity contribution in [1.82, 2.24) is 15.1 Å². The molecule has 0 spiro atoms. The van der Waals surface area contributed by atoms with E-state index in [2.05, 4.69) is 22.3 Å². The monoisotopic (exact) mass is 289 g/mol. The molecule has 1 aromatic rings. The number of piperazine rings is 1. The fourth-order valence-electron chi connectivity index (χ4n) is 3.02. The van der Waals surface area contributed by atoms with Crippen molar-refractivity contribution in [3.63, 3.8) is 0 Å². The Hall–Kier alpha value is -1.43. The summed E-state index contributed by atoms with van der Waals surface area (Å²) in [5, 5.41) is 3.39. The van der Waals surface area contributed by atoms with Crippen molar-refractivity contribution in [3.05, 3.63) is 35.9 Å². The Bertz CT molecular complexity index is 460. The number of carbonyl (C=O) groups is 1. The summed E-state index contributed by atoms with van der Waals surface area (Å²) in [5.74, 6) is 0.229. The number of ether oxygens (including phenoxy) is 1. The first-order chi connectivity index (χ1) is 10.3. The molecular weight excluding hydrogens is 266 g/mol. The second-order valence-corrected chi connectivity index (χ2v) is 5.61. The topological polar surface area (TPSA) is 44.8 Å². The average Bonchev–Trinajstić information content (AvgIpc) is 2.56. The summed E-state index contributed by atoms with van der Waals surface area (Å²) in [5.41, 5.74) is 1.21. The van der Waals surface area contributed by atoms with E-state index in [9.17, 15) is 4.79 Å². The van der Waals surface area contributed by atoms with Gasteiger partial charge in [0.2, 0.25) is 5.91 Å². The predicted octanol–water partition coefficient (Wildman–Crippen LogP) is 0.492. The lowest BCUT2D eigenvalue weighted by Crippen LogP contribution is -2.52. The van der Waals surface area contributed by atoms with Crippen molar-refractivity contribution in [2.75, 3.05) is 52.5 Å². The summed E-state index contributed by atoms with van der Waals surface area (Å²) < 4.78 is 5.34. The molecule has 0 bridgehead atoms. The van der Waals surface area contributed by atoms with Gasteiger partial charge in [0, 0.05) is 32.7 Å². The van der Waals surface area contributed by atoms with Crippen molar-refractivity contribution in [2.24, 2.45) is 0 Å². The Kier molecular flexibility index (Phi) is 4.85. The lowest BCUT2D eigenvalue weighted by Gasteiger charge is -2.38. The third-order valence-corrected chi connectivity index (χ3v) is 4.21. The molecule has 1 atom stereocenters. The van der Waals surface area contributed by atoms with Gasteiger partial charge in [-0.15, -0.1) is 0 Å². The fourth-order valence-corrected chi connectivity index (χ4v) is 3.02. The molecular formula is C16H23N3O2. The highest BCUT2D eigenvalue weighted by Gasteiger charge is 2.28. The molecule has 5 nitrogen and oxygen atoms in total. The largest absolute Gasteiger partial charge is 0.379 e. The van der Waals surface area contributed by atoms with E-state index < -0.39 is 0 Å². The molecule has 0 aliphatic carbocycles. The molecule has 2 fully saturated rings. The molecule has 2 aliphatic heterocycles. The van der Waals surface area contributed by atoms with Gasteiger partial charge in [-0.25, -0.2) is 0 Å². The summed E-state index contributed by atoms with van der Waals surface area (Å²) in [7, 11) is 0. The van der Waals surface area contributed by atoms with Crippen molar-refractivity contribution in [1.29, 1.82) is 0 Å². The van der Waals surface area contributed by atoms with Gasteiger partial charge < -0.3 is 15.0 Å². The third kappa shape index (κ3) is 3.61. The molecule has 0 saturated carbocycles. The fraction of sp³-hybridized carbons (Fsp3) is 0.562. The summed E-state index contributed by atoms with van der Waals surface area (Å²) in [6, 6.07) is 10.4. The van der Waals surface area contributed by atoms with Gasteiger partial charge in [-0.1, -0.05) is 30.3 Å². The first-order valence-electron chi connectivity index (χ1n) is 7.70. The van der Waals surface area contributed by atoms with Crippen LogP contribution in [0, 0.1) is 0 Å². The van der Waals surface area contributed by atoms with Gasteiger partial charge in [-0.2, -0.15) is 0 Å². The minimum absolute atomic E-state index is 0.147. The normalized spacial score (nSPS) is 24.0. The maximum absolute atomic E-state index is 12.7. The molecule has 2 saturated heterocycles. The van der Waals surface area contributed by atoms with E-state index in [4.69, 9.17) is 4.74 Å². The van der Waals surface area contributed by atoms with Gasteiger partial charge in [-0.3, -0.25) is 9.69 Å². The Morgan fingerprint density at radius 3 is 2.71 bits per heavy atom. The van der Waals surface area contributed by atoms with Crippen LogP contribution < -0.4 is 5.32 Å². The number of morpholine rings is 1. The van der Waals surface area contributed by atoms with E-state index in [1.54, 1.807) is 0 Å². The van der Waals surface area contributed by atoms with Gasteiger partial charge in [0.15, 0.2) is 0 Å². The molecule has 5 heteroatoms. The van der Waals surface area contributed by atoms with Gasteiger partial charge in [0.1, 0.15) is 0 Å². The summed E-state index contributed by atoms with van der Waals surface area (Å²) in [6.07, 6.45) is 0. The van der Waals surface area contributed by atoms with Crippen molar-refractivity contribution >= 4 is 5.91 Å². The molecule has 1 amide bonds. The van der Waals surface area contributed by atoms with E-state index in [0.717, 1.165) is 45.9 Å². The number of hydrogen-bond acceptors (Lipinski definition) is 4. The number of hydrogen-bond donors (Lipinski definition) is 1. The van der Waals surface area contributed by atoms with Crippen LogP contribution >= 0.6 is 0 Å². The number of rotatable bonds is 3. The zero-order valence-corrected chi connectivity index (χ0v) is 12.3. The first kappa shape index (κ1) is 14.5. The lowest BCUT2D eigenvalue weighted by molar-refractivity contribution is -0.136. The van der Waals surface area contributed by atoms with Crippen LogP contribution in [0.5, 0.6) is 0 Å². The number of amides is 1. The molecule has 0 radical (unpaired) electrons. The Labute approximate surface area is 125 Å². The van der Waals surface area contributed by atoms with Crippen molar-refractivity contribution in [2.45, 2.75) is 6.04 Å². The van der Waals surface area contributed by atoms with Crippen molar-refractivity contribution < 1.29 is 9.53 Å². The van der Waals surface area contributed by atoms with Crippen LogP contribution in [-0.2, 0) is 9.53 Å². The Morgan fingerprint density at radius 2 is 1.95 bits per heavy atom. The quantitative estimate of drug-likeness (QED) is 0.880. The van der Waals surface area contributed by atoms with Crippen LogP contribution in [0.25, 0.3) is 0 Å². The van der Waals surface area contributed by atoms with E-state index in [1.165, 1.54) is 5.56 Å². The third-order valence-electron chi connectivity index (χ3n) is 4.21. The number of nitrogens with zero attached hydrogens (tertiary/aromatic N) is 2. The number of carbonyl (C=O) groups excluding carboxylic acids is 1. The van der Waals surface area contributed by atoms with Gasteiger partial charge in [0.05, 0.1) is 25.8 Å². The molecule has 1 aromatic carbocycles. The highest BCUT2D eigenvalue weighted by atomic mass is 16.5. The van der Waals surface area contributed by atoms with Gasteiger partial charge >= 0.3 is 0 Å². The molecule has 21 heavy (non-hydrogen) atoms. The average molecular weight is 289 g/mol. The SMILES string of the molecule is O=C(CN1CCOCC1)N1CCNC[C@@H]1c1ccccc1. The van der Waals surface area contributed by atoms with E-state index >= 15 is 0 Å². The Morgan fingerprint density at radius 1 is 1.19 bits per heavy atom. The summed E-state index contributed by atoms with van der Waals surface area (Å²) in [6.45, 7) is 6.17. The zero-order chi connectivity index (χ0) is 14.5. The number of benzene rings is 1. The van der Waals surface area contributed by atoms with Crippen LogP contribution in [-0.4, -0.2) is 68.2 Å². The molecule has 3 rings (SSSR count). The maximum Gasteiger partial charge on any atom is 0.237 e. The highest BCUT2D eigenvalue weighted by molar-refractivity contribution is 5.79. The smallest absolute Gasteiger partial charge is 0.237 e. The van der Waals surface area contributed by atoms with E-state index in [0.29, 0.717) is 6.54 Å². The molecule has 1 N–H and O–H groups in total. The van der Waals surface area contributed by atoms with Crippen LogP contribution in [0.4, 0.5) is 0 Å². The minimum Gasteiger partial charge on any atom is -0.379 e. The first-order valence-corrected chi connectivity index (χ1v) is 7.70. The lowest BCUT2D eigenvalue weighted by atomic mass is 10.0. The minimum atomic E-state index is 0.147. The van der Waals surface area contributed by atoms with Gasteiger partial charge in [0.25, 0.3) is 0 Å². The second-order valence-electron chi connectivity index (χ2n) is 5.61. The predicted molar refractivity (Wildman–Crippen MR) is 81.0 cm³/mol. The maximum atomic E-state index is 12.7. The molecule has 2 aliphatic rings. The van der Waals surface area contributed by atoms with Crippen LogP contribution in [0.1, 0.15) is 11.6 Å². The van der Waals surface area contributed by atoms with Crippen LogP contribution in [0.15, 0.2) is 30.3 Å². The molecule has 114 valence electrons. The van der Waals surface area contributed by atoms with Crippen LogP contribution in [0.3, 0.4) is 0 Å². The molecule has 0 unspecified atom stereocenters. The zero-order valence-electron chi connectivity index (χ0n) is 12.3. The Balaban J connectivity index is 1.67. The second kappa shape index (κ2) is 7.02. The number of nitrogens with one attached hydrogen (secondary N) is 1. The van der Waals surface area contributed by atoms with E-state index in [1.807, 2.05) is 23.1 Å². The van der Waals surface area contributed by atoms with Crippen molar-refractivity contribution in [3.8, 4) is 0 Å². The van der Waals surface area contributed by atoms with Gasteiger partial charge in [-0.05, 0) is 5.56 Å². The summed E-state index contributed by atoms with van der Waals surface area (Å²) >= 11 is 0. The molecule has 2 heterocycles. The standard InChI is InChI=1S/C16H23N3O2/c20-16(13-18-8-10-21-11-9-18)19-7-6-17-12-15(19)14-4-2-1-3-5-14/h1-5,15,17H,6-13H2/t15-/m1/s1. The molecule has 0 aromatic heterocycles. The highest BCUT2D eigenvalue weighted by Crippen LogP contribution is 2.22.